The summed E-state index contributed by atoms with van der Waals surface area (Å²) >= 11 is 0. The number of benzene rings is 1. The van der Waals surface area contributed by atoms with Crippen LogP contribution in [-0.2, 0) is 5.41 Å². The molecule has 1 heteroatoms. The summed E-state index contributed by atoms with van der Waals surface area (Å²) in [4.78, 5) is 0. The highest BCUT2D eigenvalue weighted by molar-refractivity contribution is 5.41. The Morgan fingerprint density at radius 2 is 2.00 bits per heavy atom. The van der Waals surface area contributed by atoms with Crippen molar-refractivity contribution < 1.29 is 0 Å². The van der Waals surface area contributed by atoms with E-state index in [2.05, 4.69) is 49.4 Å². The van der Waals surface area contributed by atoms with Crippen molar-refractivity contribution in [3.05, 3.63) is 47.5 Å². The zero-order valence-corrected chi connectivity index (χ0v) is 9.48. The quantitative estimate of drug-likeness (QED) is 0.651. The number of hydrogen-bond donors (Lipinski definition) is 0. The highest BCUT2D eigenvalue weighted by Crippen LogP contribution is 2.53. The summed E-state index contributed by atoms with van der Waals surface area (Å²) in [5.74, 6) is 1.07. The molecule has 2 bridgehead atoms. The number of nitrogens with zero attached hydrogens (tertiary/aromatic N) is 1. The van der Waals surface area contributed by atoms with Gasteiger partial charge in [-0.15, -0.1) is 0 Å². The average Bonchev–Trinajstić information content (AvgIpc) is 2.90. The lowest BCUT2D eigenvalue weighted by molar-refractivity contribution is 0.463. The fourth-order valence-corrected chi connectivity index (χ4v) is 3.23. The van der Waals surface area contributed by atoms with Crippen LogP contribution in [0.2, 0.25) is 0 Å². The molecule has 0 heterocycles. The molecule has 0 N–H and O–H groups in total. The Labute approximate surface area is 96.4 Å². The molecule has 1 aromatic carbocycles. The van der Waals surface area contributed by atoms with Crippen LogP contribution in [0.4, 0.5) is 0 Å². The van der Waals surface area contributed by atoms with Gasteiger partial charge < -0.3 is 0 Å². The summed E-state index contributed by atoms with van der Waals surface area (Å²) in [6.45, 7) is 2.09. The fourth-order valence-electron chi connectivity index (χ4n) is 3.23. The zero-order chi connectivity index (χ0) is 11.2. The van der Waals surface area contributed by atoms with E-state index in [0.29, 0.717) is 11.8 Å². The third-order valence-electron chi connectivity index (χ3n) is 4.16. The average molecular weight is 209 g/mol. The molecule has 2 aliphatic rings. The lowest BCUT2D eigenvalue weighted by atomic mass is 9.71. The van der Waals surface area contributed by atoms with E-state index in [-0.39, 0.29) is 5.41 Å². The van der Waals surface area contributed by atoms with Gasteiger partial charge in [-0.3, -0.25) is 0 Å². The minimum absolute atomic E-state index is 0.243. The highest BCUT2D eigenvalue weighted by atomic mass is 14.5. The molecule has 0 spiro atoms. The molecule has 3 unspecified atom stereocenters. The van der Waals surface area contributed by atoms with Gasteiger partial charge in [-0.2, -0.15) is 5.26 Å². The SMILES string of the molecule is Cc1ccc(C2(C#N)CC3C=CC2C3)cc1. The van der Waals surface area contributed by atoms with Crippen molar-refractivity contribution in [1.82, 2.24) is 0 Å². The van der Waals surface area contributed by atoms with Crippen LogP contribution in [0.25, 0.3) is 0 Å². The third-order valence-corrected chi connectivity index (χ3v) is 4.16. The molecule has 0 aromatic heterocycles. The van der Waals surface area contributed by atoms with Crippen molar-refractivity contribution in [2.75, 3.05) is 0 Å². The first-order valence-electron chi connectivity index (χ1n) is 5.91. The van der Waals surface area contributed by atoms with Gasteiger partial charge in [0.15, 0.2) is 0 Å². The van der Waals surface area contributed by atoms with E-state index in [0.717, 1.165) is 6.42 Å². The van der Waals surface area contributed by atoms with Crippen LogP contribution in [0.3, 0.4) is 0 Å². The number of rotatable bonds is 1. The van der Waals surface area contributed by atoms with Crippen molar-refractivity contribution in [3.63, 3.8) is 0 Å². The van der Waals surface area contributed by atoms with Crippen molar-refractivity contribution in [2.45, 2.75) is 25.2 Å². The van der Waals surface area contributed by atoms with E-state index in [9.17, 15) is 5.26 Å². The van der Waals surface area contributed by atoms with Crippen LogP contribution >= 0.6 is 0 Å². The topological polar surface area (TPSA) is 23.8 Å². The first-order valence-corrected chi connectivity index (χ1v) is 5.91. The molecule has 2 aliphatic carbocycles. The van der Waals surface area contributed by atoms with Gasteiger partial charge in [-0.05, 0) is 31.2 Å². The Bertz CT molecular complexity index is 477. The van der Waals surface area contributed by atoms with Gasteiger partial charge in [0.1, 0.15) is 0 Å². The standard InChI is InChI=1S/C15H15N/c1-11-2-5-13(6-3-11)15(10-16)9-12-4-7-14(15)8-12/h2-7,12,14H,8-9H2,1H3. The summed E-state index contributed by atoms with van der Waals surface area (Å²) in [7, 11) is 0. The molecule has 16 heavy (non-hydrogen) atoms. The van der Waals surface area contributed by atoms with Crippen LogP contribution in [-0.4, -0.2) is 0 Å². The Morgan fingerprint density at radius 3 is 2.50 bits per heavy atom. The Hall–Kier alpha value is -1.55. The van der Waals surface area contributed by atoms with Gasteiger partial charge in [0, 0.05) is 5.92 Å². The Balaban J connectivity index is 2.07. The highest BCUT2D eigenvalue weighted by Gasteiger charge is 2.49. The van der Waals surface area contributed by atoms with Crippen LogP contribution in [0, 0.1) is 30.1 Å². The Morgan fingerprint density at radius 1 is 1.25 bits per heavy atom. The molecule has 3 rings (SSSR count). The minimum Gasteiger partial charge on any atom is -0.197 e. The summed E-state index contributed by atoms with van der Waals surface area (Å²) in [5, 5.41) is 9.58. The molecule has 80 valence electrons. The van der Waals surface area contributed by atoms with Gasteiger partial charge in [0.2, 0.25) is 0 Å². The van der Waals surface area contributed by atoms with Gasteiger partial charge in [-0.25, -0.2) is 0 Å². The van der Waals surface area contributed by atoms with E-state index in [1.54, 1.807) is 0 Å². The smallest absolute Gasteiger partial charge is 0.0890 e. The molecule has 0 aliphatic heterocycles. The van der Waals surface area contributed by atoms with Crippen molar-refractivity contribution in [3.8, 4) is 6.07 Å². The predicted molar refractivity (Wildman–Crippen MR) is 63.8 cm³/mol. The normalized spacial score (nSPS) is 35.2. The number of nitriles is 1. The first kappa shape index (κ1) is 9.66. The largest absolute Gasteiger partial charge is 0.197 e. The van der Waals surface area contributed by atoms with E-state index >= 15 is 0 Å². The van der Waals surface area contributed by atoms with Gasteiger partial charge >= 0.3 is 0 Å². The van der Waals surface area contributed by atoms with Crippen LogP contribution < -0.4 is 0 Å². The molecule has 1 aromatic rings. The molecule has 3 atom stereocenters. The molecule has 0 amide bonds. The molecule has 0 radical (unpaired) electrons. The van der Waals surface area contributed by atoms with E-state index in [1.165, 1.54) is 17.5 Å². The van der Waals surface area contributed by atoms with Crippen molar-refractivity contribution in [1.29, 1.82) is 5.26 Å². The summed E-state index contributed by atoms with van der Waals surface area (Å²) in [5.41, 5.74) is 2.22. The minimum atomic E-state index is -0.243. The maximum atomic E-state index is 9.58. The maximum Gasteiger partial charge on any atom is 0.0890 e. The van der Waals surface area contributed by atoms with Crippen LogP contribution in [0.15, 0.2) is 36.4 Å². The molecule has 1 fully saturated rings. The molecule has 1 saturated carbocycles. The van der Waals surface area contributed by atoms with Gasteiger partial charge in [-0.1, -0.05) is 42.0 Å². The zero-order valence-electron chi connectivity index (χ0n) is 9.48. The van der Waals surface area contributed by atoms with Crippen LogP contribution in [0.1, 0.15) is 24.0 Å². The molecular weight excluding hydrogens is 194 g/mol. The third kappa shape index (κ3) is 1.16. The lowest BCUT2D eigenvalue weighted by Crippen LogP contribution is -2.28. The monoisotopic (exact) mass is 209 g/mol. The number of aryl methyl sites for hydroxylation is 1. The second-order valence-electron chi connectivity index (χ2n) is 5.14. The summed E-state index contributed by atoms with van der Waals surface area (Å²) in [6, 6.07) is 11.1. The molecule has 1 nitrogen and oxygen atoms in total. The number of hydrogen-bond acceptors (Lipinski definition) is 1. The lowest BCUT2D eigenvalue weighted by Gasteiger charge is -2.28. The second kappa shape index (κ2) is 3.22. The van der Waals surface area contributed by atoms with Gasteiger partial charge in [0.25, 0.3) is 0 Å². The predicted octanol–water partition coefficient (Wildman–Crippen LogP) is 3.35. The van der Waals surface area contributed by atoms with Crippen LogP contribution in [0.5, 0.6) is 0 Å². The fraction of sp³-hybridized carbons (Fsp3) is 0.400. The molecule has 0 saturated heterocycles. The van der Waals surface area contributed by atoms with E-state index in [4.69, 9.17) is 0 Å². The van der Waals surface area contributed by atoms with Crippen molar-refractivity contribution >= 4 is 0 Å². The Kier molecular flexibility index (Phi) is 1.94. The summed E-state index contributed by atoms with van der Waals surface area (Å²) in [6.07, 6.45) is 6.71. The van der Waals surface area contributed by atoms with E-state index in [1.807, 2.05) is 0 Å². The van der Waals surface area contributed by atoms with E-state index < -0.39 is 0 Å². The number of fused-ring (bicyclic) bond motifs is 2. The maximum absolute atomic E-state index is 9.58. The van der Waals surface area contributed by atoms with Gasteiger partial charge in [0.05, 0.1) is 11.5 Å². The second-order valence-corrected chi connectivity index (χ2v) is 5.14. The molecular formula is C15H15N. The first-order chi connectivity index (χ1) is 7.74. The van der Waals surface area contributed by atoms with Crippen molar-refractivity contribution in [2.24, 2.45) is 11.8 Å². The number of allylic oxidation sites excluding steroid dienone is 2. The summed E-state index contributed by atoms with van der Waals surface area (Å²) < 4.78 is 0.